The summed E-state index contributed by atoms with van der Waals surface area (Å²) in [4.78, 5) is 56.6. The predicted molar refractivity (Wildman–Crippen MR) is 110 cm³/mol. The lowest BCUT2D eigenvalue weighted by molar-refractivity contribution is -0.148. The van der Waals surface area contributed by atoms with E-state index in [4.69, 9.17) is 10.2 Å². The summed E-state index contributed by atoms with van der Waals surface area (Å²) in [6.45, 7) is 0.126. The molecule has 11 nitrogen and oxygen atoms in total. The van der Waals surface area contributed by atoms with Gasteiger partial charge in [-0.25, -0.2) is 18.8 Å². The Balaban J connectivity index is 2.45. The third-order valence-corrected chi connectivity index (χ3v) is 4.61. The van der Waals surface area contributed by atoms with Gasteiger partial charge in [-0.15, -0.1) is 0 Å². The number of halogens is 2. The number of alkyl carbamates (subject to hydrolysis) is 1. The van der Waals surface area contributed by atoms with E-state index >= 15 is 0 Å². The van der Waals surface area contributed by atoms with Crippen molar-refractivity contribution in [1.82, 2.24) is 10.6 Å². The van der Waals surface area contributed by atoms with Gasteiger partial charge in [0, 0.05) is 23.9 Å². The van der Waals surface area contributed by atoms with E-state index in [1.165, 1.54) is 12.1 Å². The van der Waals surface area contributed by atoms with Gasteiger partial charge in [0.05, 0.1) is 5.56 Å². The van der Waals surface area contributed by atoms with Crippen molar-refractivity contribution in [3.05, 3.63) is 34.1 Å². The van der Waals surface area contributed by atoms with Crippen molar-refractivity contribution < 1.29 is 48.4 Å². The molecule has 0 spiro atoms. The van der Waals surface area contributed by atoms with E-state index in [2.05, 4.69) is 26.0 Å². The number of carbonyl (C=O) groups excluding carboxylic acids is 2. The molecule has 0 unspecified atom stereocenters. The molecule has 1 rings (SSSR count). The van der Waals surface area contributed by atoms with Gasteiger partial charge in [-0.3, -0.25) is 9.59 Å². The number of carboxylic acids is 3. The van der Waals surface area contributed by atoms with Gasteiger partial charge in [-0.2, -0.15) is 0 Å². The summed E-state index contributed by atoms with van der Waals surface area (Å²) in [5.74, 6) is -5.56. The zero-order chi connectivity index (χ0) is 24.3. The fraction of sp³-hybridized carbons (Fsp3) is 0.421. The standard InChI is InChI=1S/C19H22BrFN2O9/c20-10-4-5-11(12(21)9-10)16(26)22-8-2-1-3-13(17(27)28)23-19(31)32-14(18(29)30)6-7-15(24)25/h4-5,9,13-14H,1-3,6-8H2,(H,22,26)(H,23,31)(H,24,25)(H,27,28)(H,29,30)/t13-,14-/m0/s1/i21-1. The summed E-state index contributed by atoms with van der Waals surface area (Å²) in [5, 5.41) is 31.3. The van der Waals surface area contributed by atoms with Crippen molar-refractivity contribution in [3.8, 4) is 0 Å². The summed E-state index contributed by atoms with van der Waals surface area (Å²) >= 11 is 3.08. The molecule has 0 aliphatic heterocycles. The molecular formula is C19H22BrFN2O9. The second kappa shape index (κ2) is 13.2. The Hall–Kier alpha value is -3.22. The van der Waals surface area contributed by atoms with Crippen LogP contribution in [0, 0.1) is 5.82 Å². The zero-order valence-electron chi connectivity index (χ0n) is 16.7. The lowest BCUT2D eigenvalue weighted by Gasteiger charge is -2.17. The van der Waals surface area contributed by atoms with E-state index in [9.17, 15) is 33.5 Å². The van der Waals surface area contributed by atoms with Crippen molar-refractivity contribution >= 4 is 45.8 Å². The van der Waals surface area contributed by atoms with Crippen LogP contribution in [0.3, 0.4) is 0 Å². The Morgan fingerprint density at radius 3 is 2.28 bits per heavy atom. The first-order chi connectivity index (χ1) is 15.0. The van der Waals surface area contributed by atoms with Crippen LogP contribution in [0.4, 0.5) is 9.18 Å². The van der Waals surface area contributed by atoms with Gasteiger partial charge in [-0.1, -0.05) is 15.9 Å². The second-order valence-corrected chi connectivity index (χ2v) is 7.49. The summed E-state index contributed by atoms with van der Waals surface area (Å²) in [5.41, 5.74) is -0.142. The Morgan fingerprint density at radius 2 is 1.72 bits per heavy atom. The minimum atomic E-state index is -1.74. The highest BCUT2D eigenvalue weighted by Crippen LogP contribution is 2.15. The lowest BCUT2D eigenvalue weighted by Crippen LogP contribution is -2.43. The summed E-state index contributed by atoms with van der Waals surface area (Å²) in [6.07, 6.45) is -3.57. The molecule has 2 amide bonds. The Morgan fingerprint density at radius 1 is 1.03 bits per heavy atom. The van der Waals surface area contributed by atoms with Gasteiger partial charge >= 0.3 is 24.0 Å². The average Bonchev–Trinajstić information content (AvgIpc) is 2.69. The van der Waals surface area contributed by atoms with E-state index in [-0.39, 0.29) is 24.9 Å². The average molecular weight is 520 g/mol. The molecule has 5 N–H and O–H groups in total. The van der Waals surface area contributed by atoms with Crippen LogP contribution in [-0.4, -0.2) is 63.9 Å². The van der Waals surface area contributed by atoms with E-state index in [1.54, 1.807) is 0 Å². The second-order valence-electron chi connectivity index (χ2n) is 6.58. The molecule has 176 valence electrons. The van der Waals surface area contributed by atoms with Crippen molar-refractivity contribution in [3.63, 3.8) is 0 Å². The van der Waals surface area contributed by atoms with Crippen LogP contribution in [0.1, 0.15) is 42.5 Å². The molecule has 0 aliphatic carbocycles. The minimum Gasteiger partial charge on any atom is -0.481 e. The maximum atomic E-state index is 13.7. The smallest absolute Gasteiger partial charge is 0.408 e. The van der Waals surface area contributed by atoms with Crippen molar-refractivity contribution in [2.75, 3.05) is 6.54 Å². The molecule has 1 aromatic rings. The number of nitrogens with one attached hydrogen (secondary N) is 2. The van der Waals surface area contributed by atoms with Crippen LogP contribution in [-0.2, 0) is 19.1 Å². The summed E-state index contributed by atoms with van der Waals surface area (Å²) in [6, 6.07) is 2.58. The van der Waals surface area contributed by atoms with Crippen molar-refractivity contribution in [2.24, 2.45) is 0 Å². The van der Waals surface area contributed by atoms with E-state index in [1.807, 2.05) is 5.32 Å². The number of ether oxygens (including phenoxy) is 1. The fourth-order valence-corrected chi connectivity index (χ4v) is 2.83. The number of rotatable bonds is 13. The Labute approximate surface area is 190 Å². The highest BCUT2D eigenvalue weighted by atomic mass is 79.9. The normalized spacial score (nSPS) is 12.3. The number of carbonyl (C=O) groups is 5. The van der Waals surface area contributed by atoms with Crippen molar-refractivity contribution in [1.29, 1.82) is 0 Å². The molecule has 0 bridgehead atoms. The van der Waals surface area contributed by atoms with E-state index in [0.29, 0.717) is 10.9 Å². The van der Waals surface area contributed by atoms with Gasteiger partial charge < -0.3 is 30.7 Å². The lowest BCUT2D eigenvalue weighted by atomic mass is 10.1. The van der Waals surface area contributed by atoms with Gasteiger partial charge in [0.2, 0.25) is 6.10 Å². The van der Waals surface area contributed by atoms with Crippen LogP contribution >= 0.6 is 15.9 Å². The topological polar surface area (TPSA) is 179 Å². The number of hydrogen-bond donors (Lipinski definition) is 5. The molecule has 13 heteroatoms. The number of aliphatic carboxylic acids is 3. The summed E-state index contributed by atoms with van der Waals surface area (Å²) in [7, 11) is 0. The molecule has 2 atom stereocenters. The highest BCUT2D eigenvalue weighted by molar-refractivity contribution is 9.10. The molecule has 0 aromatic heterocycles. The predicted octanol–water partition coefficient (Wildman–Crippen LogP) is 1.99. The van der Waals surface area contributed by atoms with Crippen LogP contribution in [0.2, 0.25) is 0 Å². The number of hydrogen-bond acceptors (Lipinski definition) is 6. The summed E-state index contributed by atoms with van der Waals surface area (Å²) < 4.78 is 18.8. The first kappa shape index (κ1) is 26.8. The molecule has 32 heavy (non-hydrogen) atoms. The first-order valence-electron chi connectivity index (χ1n) is 9.39. The third kappa shape index (κ3) is 9.73. The minimum absolute atomic E-state index is 0.0557. The van der Waals surface area contributed by atoms with Crippen LogP contribution in [0.5, 0.6) is 0 Å². The fourth-order valence-electron chi connectivity index (χ4n) is 2.49. The Bertz CT molecular complexity index is 865. The molecule has 0 saturated carbocycles. The molecule has 0 saturated heterocycles. The number of unbranched alkanes of at least 4 members (excludes halogenated alkanes) is 1. The third-order valence-electron chi connectivity index (χ3n) is 4.12. The zero-order valence-corrected chi connectivity index (χ0v) is 18.3. The molecule has 0 fully saturated rings. The first-order valence-corrected chi connectivity index (χ1v) is 10.2. The van der Waals surface area contributed by atoms with Crippen LogP contribution in [0.15, 0.2) is 22.7 Å². The van der Waals surface area contributed by atoms with Crippen LogP contribution < -0.4 is 10.6 Å². The molecule has 0 radical (unpaired) electrons. The van der Waals surface area contributed by atoms with E-state index < -0.39 is 60.7 Å². The van der Waals surface area contributed by atoms with Gasteiger partial charge in [0.1, 0.15) is 11.9 Å². The Kier molecular flexibility index (Phi) is 11.1. The largest absolute Gasteiger partial charge is 0.481 e. The van der Waals surface area contributed by atoms with Gasteiger partial charge in [0.15, 0.2) is 0 Å². The maximum absolute atomic E-state index is 13.7. The maximum Gasteiger partial charge on any atom is 0.408 e. The van der Waals surface area contributed by atoms with Gasteiger partial charge in [0.25, 0.3) is 5.91 Å². The number of benzene rings is 1. The number of amides is 2. The molecule has 1 aromatic carbocycles. The number of carboxylic acid groups (broad SMARTS) is 3. The van der Waals surface area contributed by atoms with Crippen molar-refractivity contribution in [2.45, 2.75) is 44.2 Å². The SMILES string of the molecule is O=C(O)CC[C@H](OC(=O)N[C@@H](CCCCNC(=O)c1ccc(Br)cc1[18F])C(=O)O)C(=O)O. The van der Waals surface area contributed by atoms with Crippen LogP contribution in [0.25, 0.3) is 0 Å². The van der Waals surface area contributed by atoms with Gasteiger partial charge in [-0.05, 0) is 37.5 Å². The quantitative estimate of drug-likeness (QED) is 0.243. The molecule has 0 heterocycles. The highest BCUT2D eigenvalue weighted by Gasteiger charge is 2.26. The molecule has 0 aliphatic rings. The van der Waals surface area contributed by atoms with E-state index in [0.717, 1.165) is 6.07 Å². The molecular weight excluding hydrogens is 498 g/mol. The monoisotopic (exact) mass is 519 g/mol.